The minimum Gasteiger partial charge on any atom is -0.496 e. The lowest BCUT2D eigenvalue weighted by Crippen LogP contribution is -2.30. The average molecular weight is 320 g/mol. The van der Waals surface area contributed by atoms with E-state index in [1.807, 2.05) is 32.1 Å². The normalized spacial score (nSPS) is 20.2. The van der Waals surface area contributed by atoms with Gasteiger partial charge in [-0.3, -0.25) is 9.00 Å². The number of methoxy groups -OCH3 is 1. The van der Waals surface area contributed by atoms with Gasteiger partial charge in [0.2, 0.25) is 5.91 Å². The molecule has 0 saturated carbocycles. The lowest BCUT2D eigenvalue weighted by molar-refractivity contribution is -0.121. The number of hydrogen-bond donors (Lipinski definition) is 1. The highest BCUT2D eigenvalue weighted by Gasteiger charge is 2.19. The molecule has 2 unspecified atom stereocenters. The fraction of sp³-hybridized carbons (Fsp3) is 0.375. The maximum Gasteiger partial charge on any atom is 0.240 e. The summed E-state index contributed by atoms with van der Waals surface area (Å²) < 4.78 is 17.1. The third-order valence-corrected chi connectivity index (χ3v) is 4.52. The molecule has 1 N–H and O–H groups in total. The zero-order valence-electron chi connectivity index (χ0n) is 13.2. The van der Waals surface area contributed by atoms with E-state index in [1.54, 1.807) is 19.4 Å². The Labute approximate surface area is 132 Å². The number of benzene rings is 1. The molecule has 0 saturated heterocycles. The number of nitrogens with zero attached hydrogens (tertiary/aromatic N) is 1. The van der Waals surface area contributed by atoms with Gasteiger partial charge in [-0.15, -0.1) is 0 Å². The Bertz CT molecular complexity index is 680. The molecular formula is C16H20N2O3S. The van der Waals surface area contributed by atoms with Crippen LogP contribution in [0.5, 0.6) is 5.75 Å². The molecule has 0 radical (unpaired) electrons. The second kappa shape index (κ2) is 6.87. The smallest absolute Gasteiger partial charge is 0.240 e. The maximum absolute atomic E-state index is 11.7. The van der Waals surface area contributed by atoms with Crippen molar-refractivity contribution in [2.45, 2.75) is 25.2 Å². The van der Waals surface area contributed by atoms with Crippen LogP contribution in [0.25, 0.3) is 5.57 Å². The largest absolute Gasteiger partial charge is 0.496 e. The fourth-order valence-electron chi connectivity index (χ4n) is 2.31. The summed E-state index contributed by atoms with van der Waals surface area (Å²) in [4.78, 5) is 12.0. The molecule has 1 amide bonds. The van der Waals surface area contributed by atoms with Gasteiger partial charge in [0.1, 0.15) is 5.75 Å². The molecule has 1 aromatic carbocycles. The van der Waals surface area contributed by atoms with Crippen LogP contribution >= 0.6 is 0 Å². The summed E-state index contributed by atoms with van der Waals surface area (Å²) in [6.45, 7) is 3.92. The van der Waals surface area contributed by atoms with Crippen molar-refractivity contribution in [3.8, 4) is 5.75 Å². The summed E-state index contributed by atoms with van der Waals surface area (Å²) in [7, 11) is 0.552. The minimum absolute atomic E-state index is 0.0664. The highest BCUT2D eigenvalue weighted by Crippen LogP contribution is 2.28. The Kier molecular flexibility index (Phi) is 5.13. The Morgan fingerprint density at radius 2 is 2.23 bits per heavy atom. The van der Waals surface area contributed by atoms with Crippen molar-refractivity contribution in [2.75, 3.05) is 13.4 Å². The summed E-state index contributed by atoms with van der Waals surface area (Å²) in [5.41, 5.74) is 5.15. The number of rotatable bonds is 4. The van der Waals surface area contributed by atoms with Gasteiger partial charge in [-0.1, -0.05) is 6.92 Å². The predicted octanol–water partition coefficient (Wildman–Crippen LogP) is 2.35. The number of hydrogen-bond acceptors (Lipinski definition) is 4. The lowest BCUT2D eigenvalue weighted by atomic mass is 9.96. The molecule has 6 heteroatoms. The summed E-state index contributed by atoms with van der Waals surface area (Å²) >= 11 is 0. The van der Waals surface area contributed by atoms with Crippen molar-refractivity contribution in [3.63, 3.8) is 0 Å². The third kappa shape index (κ3) is 3.62. The first-order chi connectivity index (χ1) is 10.4. The van der Waals surface area contributed by atoms with E-state index in [4.69, 9.17) is 4.74 Å². The van der Waals surface area contributed by atoms with Crippen molar-refractivity contribution >= 4 is 28.0 Å². The lowest BCUT2D eigenvalue weighted by Gasteiger charge is -2.17. The molecule has 22 heavy (non-hydrogen) atoms. The average Bonchev–Trinajstić information content (AvgIpc) is 2.49. The van der Waals surface area contributed by atoms with Crippen LogP contribution in [0.3, 0.4) is 0 Å². The van der Waals surface area contributed by atoms with Crippen LogP contribution in [-0.2, 0) is 15.6 Å². The number of nitrogens with one attached hydrogen (secondary N) is 1. The molecule has 1 aromatic rings. The first kappa shape index (κ1) is 16.4. The Balaban J connectivity index is 2.41. The first-order valence-corrected chi connectivity index (χ1v) is 8.54. The highest BCUT2D eigenvalue weighted by atomic mass is 32.2. The number of amides is 1. The highest BCUT2D eigenvalue weighted by molar-refractivity contribution is 7.84. The van der Waals surface area contributed by atoms with Gasteiger partial charge in [-0.2, -0.15) is 5.10 Å². The van der Waals surface area contributed by atoms with E-state index in [-0.39, 0.29) is 11.8 Å². The van der Waals surface area contributed by atoms with Crippen LogP contribution < -0.4 is 10.2 Å². The van der Waals surface area contributed by atoms with Crippen LogP contribution in [0.2, 0.25) is 0 Å². The second-order valence-corrected chi connectivity index (χ2v) is 6.70. The molecule has 1 aliphatic heterocycles. The third-order valence-electron chi connectivity index (χ3n) is 3.60. The van der Waals surface area contributed by atoms with Gasteiger partial charge in [0.25, 0.3) is 0 Å². The monoisotopic (exact) mass is 320 g/mol. The van der Waals surface area contributed by atoms with E-state index in [0.29, 0.717) is 6.42 Å². The number of allylic oxidation sites excluding steroid dienone is 2. The van der Waals surface area contributed by atoms with Crippen LogP contribution in [0.1, 0.15) is 25.8 Å². The van der Waals surface area contributed by atoms with Crippen molar-refractivity contribution in [3.05, 3.63) is 29.8 Å². The number of ether oxygens (including phenoxy) is 1. The zero-order valence-corrected chi connectivity index (χ0v) is 14.0. The molecule has 2 atom stereocenters. The fourth-order valence-corrected chi connectivity index (χ4v) is 2.86. The van der Waals surface area contributed by atoms with Crippen molar-refractivity contribution in [1.82, 2.24) is 5.43 Å². The number of hydrazone groups is 1. The van der Waals surface area contributed by atoms with Gasteiger partial charge in [0, 0.05) is 39.9 Å². The van der Waals surface area contributed by atoms with Crippen LogP contribution in [0.4, 0.5) is 0 Å². The van der Waals surface area contributed by atoms with E-state index in [2.05, 4.69) is 10.5 Å². The molecule has 2 rings (SSSR count). The van der Waals surface area contributed by atoms with Crippen LogP contribution in [0, 0.1) is 5.92 Å². The standard InChI is InChI=1S/C16H20N2O3S/c1-10(7-14-11(2)8-16(19)18-17-14)13-9-12(22(4)20)5-6-15(13)21-3/h5-7,9,11H,8H2,1-4H3,(H,18,19). The molecule has 5 nitrogen and oxygen atoms in total. The van der Waals surface area contributed by atoms with Crippen LogP contribution in [-0.4, -0.2) is 29.2 Å². The Morgan fingerprint density at radius 1 is 1.50 bits per heavy atom. The summed E-state index contributed by atoms with van der Waals surface area (Å²) in [6, 6.07) is 5.48. The quantitative estimate of drug-likeness (QED) is 0.926. The van der Waals surface area contributed by atoms with Gasteiger partial charge >= 0.3 is 0 Å². The predicted molar refractivity (Wildman–Crippen MR) is 88.3 cm³/mol. The summed E-state index contributed by atoms with van der Waals surface area (Å²) in [5.74, 6) is 0.720. The number of carbonyl (C=O) groups is 1. The van der Waals surface area contributed by atoms with E-state index < -0.39 is 10.8 Å². The molecule has 0 spiro atoms. The summed E-state index contributed by atoms with van der Waals surface area (Å²) in [6.07, 6.45) is 4.01. The molecule has 1 aliphatic rings. The molecule has 0 bridgehead atoms. The van der Waals surface area contributed by atoms with Gasteiger partial charge in [-0.25, -0.2) is 5.43 Å². The minimum atomic E-state index is -1.05. The molecule has 1 heterocycles. The zero-order chi connectivity index (χ0) is 16.3. The number of carbonyl (C=O) groups excluding carboxylic acids is 1. The Hall–Kier alpha value is -1.95. The van der Waals surface area contributed by atoms with Crippen molar-refractivity contribution < 1.29 is 13.7 Å². The molecule has 0 aromatic heterocycles. The van der Waals surface area contributed by atoms with Gasteiger partial charge < -0.3 is 4.74 Å². The molecule has 0 aliphatic carbocycles. The molecule has 118 valence electrons. The SMILES string of the molecule is COc1ccc(S(C)=O)cc1C(C)=CC1=NNC(=O)CC1C. The van der Waals surface area contributed by atoms with E-state index in [9.17, 15) is 9.00 Å². The Morgan fingerprint density at radius 3 is 2.82 bits per heavy atom. The summed E-state index contributed by atoms with van der Waals surface area (Å²) in [5, 5.41) is 4.11. The van der Waals surface area contributed by atoms with Gasteiger partial charge in [0.05, 0.1) is 12.8 Å². The van der Waals surface area contributed by atoms with E-state index in [1.165, 1.54) is 0 Å². The first-order valence-electron chi connectivity index (χ1n) is 6.99. The van der Waals surface area contributed by atoms with Crippen LogP contribution in [0.15, 0.2) is 34.3 Å². The van der Waals surface area contributed by atoms with Gasteiger partial charge in [0.15, 0.2) is 0 Å². The van der Waals surface area contributed by atoms with Crippen molar-refractivity contribution in [1.29, 1.82) is 0 Å². The van der Waals surface area contributed by atoms with E-state index >= 15 is 0 Å². The second-order valence-electron chi connectivity index (χ2n) is 5.32. The molecule has 0 fully saturated rings. The van der Waals surface area contributed by atoms with E-state index in [0.717, 1.165) is 27.5 Å². The molecular weight excluding hydrogens is 300 g/mol. The van der Waals surface area contributed by atoms with Crippen molar-refractivity contribution in [2.24, 2.45) is 11.0 Å². The maximum atomic E-state index is 11.7. The van der Waals surface area contributed by atoms with Gasteiger partial charge in [-0.05, 0) is 36.8 Å². The topological polar surface area (TPSA) is 67.8 Å².